The first kappa shape index (κ1) is 12.8. The monoisotopic (exact) mass is 253 g/mol. The van der Waals surface area contributed by atoms with E-state index in [2.05, 4.69) is 5.32 Å². The molecule has 2 N–H and O–H groups in total. The number of hydrogen-bond donors (Lipinski definition) is 2. The van der Waals surface area contributed by atoms with Gasteiger partial charge in [-0.3, -0.25) is 0 Å². The highest BCUT2D eigenvalue weighted by Crippen LogP contribution is 2.20. The summed E-state index contributed by atoms with van der Waals surface area (Å²) in [6.07, 6.45) is 2.63. The molecule has 5 heteroatoms. The lowest BCUT2D eigenvalue weighted by atomic mass is 10.1. The smallest absolute Gasteiger partial charge is 0.335 e. The number of carboxylic acids is 1. The van der Waals surface area contributed by atoms with Crippen LogP contribution in [0.5, 0.6) is 0 Å². The molecule has 1 aromatic rings. The van der Waals surface area contributed by atoms with E-state index in [-0.39, 0.29) is 17.3 Å². The molecule has 1 unspecified atom stereocenters. The molecule has 98 valence electrons. The first-order chi connectivity index (χ1) is 8.66. The fraction of sp³-hybridized carbons (Fsp3) is 0.462. The zero-order chi connectivity index (χ0) is 13.0. The van der Waals surface area contributed by atoms with Crippen LogP contribution in [0.1, 0.15) is 29.6 Å². The van der Waals surface area contributed by atoms with Gasteiger partial charge in [0.05, 0.1) is 11.3 Å². The average molecular weight is 253 g/mol. The summed E-state index contributed by atoms with van der Waals surface area (Å²) in [5.41, 5.74) is 0.338. The number of halogens is 1. The molecule has 0 radical (unpaired) electrons. The molecule has 0 bridgehead atoms. The SMILES string of the molecule is O=C(O)c1ccc(F)c(NC2CCCOCC2)c1. The number of benzene rings is 1. The molecule has 1 atom stereocenters. The Morgan fingerprint density at radius 3 is 3.00 bits per heavy atom. The standard InChI is InChI=1S/C13H16FNO3/c14-11-4-3-9(13(16)17)8-12(11)15-10-2-1-6-18-7-5-10/h3-4,8,10,15H,1-2,5-7H2,(H,16,17). The van der Waals surface area contributed by atoms with E-state index in [4.69, 9.17) is 9.84 Å². The van der Waals surface area contributed by atoms with Crippen molar-refractivity contribution in [2.24, 2.45) is 0 Å². The van der Waals surface area contributed by atoms with Crippen molar-refractivity contribution in [2.75, 3.05) is 18.5 Å². The second kappa shape index (κ2) is 5.82. The maximum absolute atomic E-state index is 13.6. The zero-order valence-electron chi connectivity index (χ0n) is 9.99. The first-order valence-electron chi connectivity index (χ1n) is 6.04. The van der Waals surface area contributed by atoms with Crippen LogP contribution in [0.4, 0.5) is 10.1 Å². The number of nitrogens with one attached hydrogen (secondary N) is 1. The van der Waals surface area contributed by atoms with Crippen molar-refractivity contribution >= 4 is 11.7 Å². The van der Waals surface area contributed by atoms with Crippen LogP contribution >= 0.6 is 0 Å². The van der Waals surface area contributed by atoms with Gasteiger partial charge in [-0.05, 0) is 37.5 Å². The van der Waals surface area contributed by atoms with Gasteiger partial charge in [-0.2, -0.15) is 0 Å². The van der Waals surface area contributed by atoms with Crippen molar-refractivity contribution in [2.45, 2.75) is 25.3 Å². The molecule has 0 aliphatic carbocycles. The molecular weight excluding hydrogens is 237 g/mol. The molecule has 0 spiro atoms. The molecule has 1 heterocycles. The third-order valence-electron chi connectivity index (χ3n) is 3.02. The molecule has 1 saturated heterocycles. The van der Waals surface area contributed by atoms with Gasteiger partial charge in [-0.25, -0.2) is 9.18 Å². The predicted molar refractivity (Wildman–Crippen MR) is 65.4 cm³/mol. The molecule has 0 aromatic heterocycles. The van der Waals surface area contributed by atoms with Gasteiger partial charge in [0.1, 0.15) is 5.82 Å². The minimum Gasteiger partial charge on any atom is -0.478 e. The molecule has 18 heavy (non-hydrogen) atoms. The van der Waals surface area contributed by atoms with Crippen molar-refractivity contribution in [3.05, 3.63) is 29.6 Å². The lowest BCUT2D eigenvalue weighted by molar-refractivity contribution is 0.0697. The van der Waals surface area contributed by atoms with Gasteiger partial charge in [0.15, 0.2) is 0 Å². The molecule has 0 saturated carbocycles. The molecule has 1 aliphatic heterocycles. The molecule has 1 fully saturated rings. The van der Waals surface area contributed by atoms with Crippen molar-refractivity contribution in [3.8, 4) is 0 Å². The quantitative estimate of drug-likeness (QED) is 0.869. The molecule has 4 nitrogen and oxygen atoms in total. The Morgan fingerprint density at radius 2 is 2.22 bits per heavy atom. The minimum atomic E-state index is -1.05. The first-order valence-corrected chi connectivity index (χ1v) is 6.04. The van der Waals surface area contributed by atoms with E-state index in [0.29, 0.717) is 6.61 Å². The summed E-state index contributed by atoms with van der Waals surface area (Å²) in [6, 6.07) is 3.91. The topological polar surface area (TPSA) is 58.6 Å². The lowest BCUT2D eigenvalue weighted by Crippen LogP contribution is -2.20. The zero-order valence-corrected chi connectivity index (χ0v) is 9.99. The molecule has 0 amide bonds. The third kappa shape index (κ3) is 3.20. The summed E-state index contributed by atoms with van der Waals surface area (Å²) in [6.45, 7) is 1.38. The number of anilines is 1. The summed E-state index contributed by atoms with van der Waals surface area (Å²) in [7, 11) is 0. The number of aromatic carboxylic acids is 1. The molecular formula is C13H16FNO3. The Balaban J connectivity index is 2.11. The van der Waals surface area contributed by atoms with E-state index in [9.17, 15) is 9.18 Å². The van der Waals surface area contributed by atoms with Crippen molar-refractivity contribution < 1.29 is 19.0 Å². The van der Waals surface area contributed by atoms with Crippen molar-refractivity contribution in [1.82, 2.24) is 0 Å². The summed E-state index contributed by atoms with van der Waals surface area (Å²) >= 11 is 0. The van der Waals surface area contributed by atoms with Gasteiger partial charge < -0.3 is 15.2 Å². The van der Waals surface area contributed by atoms with Crippen molar-refractivity contribution in [1.29, 1.82) is 0 Å². The van der Waals surface area contributed by atoms with Gasteiger partial charge in [0.25, 0.3) is 0 Å². The molecule has 2 rings (SSSR count). The van der Waals surface area contributed by atoms with Crippen molar-refractivity contribution in [3.63, 3.8) is 0 Å². The van der Waals surface area contributed by atoms with E-state index in [1.165, 1.54) is 18.2 Å². The average Bonchev–Trinajstić information content (AvgIpc) is 2.60. The van der Waals surface area contributed by atoms with Crippen LogP contribution in [0.15, 0.2) is 18.2 Å². The van der Waals surface area contributed by atoms with Crippen LogP contribution < -0.4 is 5.32 Å². The number of rotatable bonds is 3. The predicted octanol–water partition coefficient (Wildman–Crippen LogP) is 2.50. The van der Waals surface area contributed by atoms with Gasteiger partial charge in [0.2, 0.25) is 0 Å². The van der Waals surface area contributed by atoms with Crippen LogP contribution in [-0.4, -0.2) is 30.3 Å². The largest absolute Gasteiger partial charge is 0.478 e. The third-order valence-corrected chi connectivity index (χ3v) is 3.02. The highest BCUT2D eigenvalue weighted by atomic mass is 19.1. The fourth-order valence-corrected chi connectivity index (χ4v) is 2.04. The second-order valence-electron chi connectivity index (χ2n) is 4.38. The normalized spacial score (nSPS) is 20.2. The lowest BCUT2D eigenvalue weighted by Gasteiger charge is -2.17. The Labute approximate surface area is 105 Å². The number of carbonyl (C=O) groups is 1. The van der Waals surface area contributed by atoms with E-state index in [1.807, 2.05) is 0 Å². The van der Waals surface area contributed by atoms with Gasteiger partial charge in [-0.1, -0.05) is 0 Å². The van der Waals surface area contributed by atoms with Gasteiger partial charge >= 0.3 is 5.97 Å². The van der Waals surface area contributed by atoms with Gasteiger partial charge in [0, 0.05) is 19.3 Å². The van der Waals surface area contributed by atoms with Crippen LogP contribution in [0.2, 0.25) is 0 Å². The molecule has 1 aromatic carbocycles. The highest BCUT2D eigenvalue weighted by molar-refractivity contribution is 5.88. The van der Waals surface area contributed by atoms with Crippen LogP contribution in [0.3, 0.4) is 0 Å². The fourth-order valence-electron chi connectivity index (χ4n) is 2.04. The van der Waals surface area contributed by atoms with E-state index in [1.54, 1.807) is 0 Å². The summed E-state index contributed by atoms with van der Waals surface area (Å²) in [5, 5.41) is 11.9. The molecule has 1 aliphatic rings. The summed E-state index contributed by atoms with van der Waals surface area (Å²) < 4.78 is 18.9. The van der Waals surface area contributed by atoms with Crippen LogP contribution in [0, 0.1) is 5.82 Å². The van der Waals surface area contributed by atoms with Crippen LogP contribution in [0.25, 0.3) is 0 Å². The van der Waals surface area contributed by atoms with E-state index >= 15 is 0 Å². The Morgan fingerprint density at radius 1 is 1.39 bits per heavy atom. The maximum atomic E-state index is 13.6. The number of hydrogen-bond acceptors (Lipinski definition) is 3. The Bertz CT molecular complexity index is 428. The van der Waals surface area contributed by atoms with Crippen LogP contribution in [-0.2, 0) is 4.74 Å². The maximum Gasteiger partial charge on any atom is 0.335 e. The van der Waals surface area contributed by atoms with Gasteiger partial charge in [-0.15, -0.1) is 0 Å². The Hall–Kier alpha value is -1.62. The minimum absolute atomic E-state index is 0.0868. The summed E-state index contributed by atoms with van der Waals surface area (Å²) in [5.74, 6) is -1.48. The highest BCUT2D eigenvalue weighted by Gasteiger charge is 2.15. The number of ether oxygens (including phenoxy) is 1. The number of carboxylic acid groups (broad SMARTS) is 1. The van der Waals surface area contributed by atoms with E-state index in [0.717, 1.165) is 25.9 Å². The van der Waals surface area contributed by atoms with E-state index < -0.39 is 11.8 Å². The Kier molecular flexibility index (Phi) is 4.15. The summed E-state index contributed by atoms with van der Waals surface area (Å²) in [4.78, 5) is 10.8. The second-order valence-corrected chi connectivity index (χ2v) is 4.38.